The van der Waals surface area contributed by atoms with Crippen molar-refractivity contribution >= 4 is 17.8 Å². The van der Waals surface area contributed by atoms with Gasteiger partial charge < -0.3 is 4.90 Å². The van der Waals surface area contributed by atoms with E-state index >= 15 is 0 Å². The molecule has 1 saturated carbocycles. The molecule has 1 unspecified atom stereocenters. The number of carbonyl (C=O) groups is 2. The standard InChI is InChI=1S/C19H17F3N4O2/c1-11-18(5-6-18)14-9-12(19(20,21)22)3-4-13(14)16(28)26(11)10-15(27)25-17-23-7-2-8-24-17/h2-4,7-9,11H,5-6,10H2,1H3,(H,23,24,25,27). The van der Waals surface area contributed by atoms with Crippen LogP contribution in [0.15, 0.2) is 36.7 Å². The third-order valence-electron chi connectivity index (χ3n) is 5.56. The van der Waals surface area contributed by atoms with Gasteiger partial charge in [-0.15, -0.1) is 0 Å². The summed E-state index contributed by atoms with van der Waals surface area (Å²) < 4.78 is 39.4. The minimum atomic E-state index is -4.47. The lowest BCUT2D eigenvalue weighted by Crippen LogP contribution is -2.52. The van der Waals surface area contributed by atoms with Crippen LogP contribution in [0.1, 0.15) is 41.3 Å². The number of alkyl halides is 3. The van der Waals surface area contributed by atoms with Crippen LogP contribution in [0.25, 0.3) is 0 Å². The van der Waals surface area contributed by atoms with Gasteiger partial charge in [0.15, 0.2) is 0 Å². The van der Waals surface area contributed by atoms with Crippen molar-refractivity contribution in [1.29, 1.82) is 0 Å². The third-order valence-corrected chi connectivity index (χ3v) is 5.56. The number of hydrogen-bond donors (Lipinski definition) is 1. The Hall–Kier alpha value is -2.97. The molecule has 2 aromatic rings. The van der Waals surface area contributed by atoms with Gasteiger partial charge in [0.25, 0.3) is 5.91 Å². The zero-order valence-electron chi connectivity index (χ0n) is 15.0. The topological polar surface area (TPSA) is 75.2 Å². The maximum atomic E-state index is 13.1. The second kappa shape index (κ2) is 6.29. The highest BCUT2D eigenvalue weighted by atomic mass is 19.4. The van der Waals surface area contributed by atoms with Crippen molar-refractivity contribution in [3.05, 3.63) is 53.3 Å². The fourth-order valence-electron chi connectivity index (χ4n) is 3.89. The van der Waals surface area contributed by atoms with E-state index < -0.39 is 35.0 Å². The molecule has 1 aromatic carbocycles. The van der Waals surface area contributed by atoms with Crippen LogP contribution in [-0.2, 0) is 16.4 Å². The smallest absolute Gasteiger partial charge is 0.326 e. The molecule has 0 radical (unpaired) electrons. The Morgan fingerprint density at radius 2 is 1.96 bits per heavy atom. The summed E-state index contributed by atoms with van der Waals surface area (Å²) in [6.45, 7) is 1.56. The van der Waals surface area contributed by atoms with E-state index in [1.165, 1.54) is 23.4 Å². The fourth-order valence-corrected chi connectivity index (χ4v) is 3.89. The number of amides is 2. The molecular weight excluding hydrogens is 373 g/mol. The Morgan fingerprint density at radius 3 is 2.57 bits per heavy atom. The van der Waals surface area contributed by atoms with Crippen molar-refractivity contribution in [3.8, 4) is 0 Å². The van der Waals surface area contributed by atoms with Crippen molar-refractivity contribution in [2.45, 2.75) is 37.4 Å². The number of hydrogen-bond acceptors (Lipinski definition) is 4. The number of nitrogens with one attached hydrogen (secondary N) is 1. The third kappa shape index (κ3) is 3.00. The van der Waals surface area contributed by atoms with Crippen molar-refractivity contribution in [2.75, 3.05) is 11.9 Å². The summed E-state index contributed by atoms with van der Waals surface area (Å²) in [5.41, 5.74) is -0.631. The van der Waals surface area contributed by atoms with E-state index in [0.29, 0.717) is 18.4 Å². The Bertz CT molecular complexity index is 942. The molecule has 1 fully saturated rings. The molecule has 2 heterocycles. The van der Waals surface area contributed by atoms with Crippen LogP contribution in [0.2, 0.25) is 0 Å². The molecule has 1 spiro atoms. The van der Waals surface area contributed by atoms with Gasteiger partial charge in [0, 0.05) is 29.4 Å². The second-order valence-electron chi connectivity index (χ2n) is 7.14. The molecule has 1 atom stereocenters. The molecule has 6 nitrogen and oxygen atoms in total. The number of benzene rings is 1. The zero-order valence-corrected chi connectivity index (χ0v) is 15.0. The number of nitrogens with zero attached hydrogens (tertiary/aromatic N) is 3. The van der Waals surface area contributed by atoms with Gasteiger partial charge in [0.05, 0.1) is 5.56 Å². The van der Waals surface area contributed by atoms with Crippen LogP contribution >= 0.6 is 0 Å². The molecule has 0 bridgehead atoms. The van der Waals surface area contributed by atoms with E-state index in [-0.39, 0.29) is 18.1 Å². The molecule has 2 amide bonds. The van der Waals surface area contributed by atoms with Crippen LogP contribution < -0.4 is 5.32 Å². The molecule has 0 saturated heterocycles. The van der Waals surface area contributed by atoms with Gasteiger partial charge in [0.1, 0.15) is 6.54 Å². The van der Waals surface area contributed by atoms with Crippen LogP contribution in [0.5, 0.6) is 0 Å². The number of fused-ring (bicyclic) bond motifs is 2. The summed E-state index contributed by atoms with van der Waals surface area (Å²) in [6.07, 6.45) is -0.161. The largest absolute Gasteiger partial charge is 0.416 e. The number of anilines is 1. The average Bonchev–Trinajstić information content (AvgIpc) is 3.45. The highest BCUT2D eigenvalue weighted by molar-refractivity contribution is 6.01. The predicted octanol–water partition coefficient (Wildman–Crippen LogP) is 3.01. The quantitative estimate of drug-likeness (QED) is 0.874. The Morgan fingerprint density at radius 1 is 1.29 bits per heavy atom. The van der Waals surface area contributed by atoms with Gasteiger partial charge in [-0.3, -0.25) is 14.9 Å². The summed E-state index contributed by atoms with van der Waals surface area (Å²) in [6, 6.07) is 4.44. The molecule has 4 rings (SSSR count). The molecule has 146 valence electrons. The maximum absolute atomic E-state index is 13.1. The van der Waals surface area contributed by atoms with Crippen LogP contribution in [0, 0.1) is 0 Å². The predicted molar refractivity (Wildman–Crippen MR) is 93.5 cm³/mol. The minimum absolute atomic E-state index is 0.126. The van der Waals surface area contributed by atoms with Gasteiger partial charge in [-0.25, -0.2) is 9.97 Å². The fraction of sp³-hybridized carbons (Fsp3) is 0.368. The monoisotopic (exact) mass is 390 g/mol. The molecule has 2 aliphatic rings. The Balaban J connectivity index is 1.62. The second-order valence-corrected chi connectivity index (χ2v) is 7.14. The molecule has 1 aromatic heterocycles. The average molecular weight is 390 g/mol. The van der Waals surface area contributed by atoms with E-state index in [1.54, 1.807) is 13.0 Å². The Labute approximate surface area is 158 Å². The first-order valence-electron chi connectivity index (χ1n) is 8.82. The van der Waals surface area contributed by atoms with E-state index in [2.05, 4.69) is 15.3 Å². The van der Waals surface area contributed by atoms with Crippen LogP contribution in [0.3, 0.4) is 0 Å². The van der Waals surface area contributed by atoms with Crippen molar-refractivity contribution in [2.24, 2.45) is 0 Å². The summed E-state index contributed by atoms with van der Waals surface area (Å²) in [7, 11) is 0. The highest BCUT2D eigenvalue weighted by Gasteiger charge is 2.57. The van der Waals surface area contributed by atoms with E-state index in [9.17, 15) is 22.8 Å². The van der Waals surface area contributed by atoms with Gasteiger partial charge in [-0.2, -0.15) is 13.2 Å². The lowest BCUT2D eigenvalue weighted by Gasteiger charge is -2.41. The first kappa shape index (κ1) is 18.4. The van der Waals surface area contributed by atoms with Crippen molar-refractivity contribution < 1.29 is 22.8 Å². The number of halogens is 3. The van der Waals surface area contributed by atoms with Gasteiger partial charge >= 0.3 is 6.18 Å². The van der Waals surface area contributed by atoms with E-state index in [4.69, 9.17) is 0 Å². The van der Waals surface area contributed by atoms with Gasteiger partial charge in [-0.05, 0) is 49.6 Å². The van der Waals surface area contributed by atoms with Crippen molar-refractivity contribution in [3.63, 3.8) is 0 Å². The van der Waals surface area contributed by atoms with E-state index in [0.717, 1.165) is 12.1 Å². The first-order chi connectivity index (χ1) is 13.2. The molecule has 1 aliphatic carbocycles. The normalized spacial score (nSPS) is 20.1. The minimum Gasteiger partial charge on any atom is -0.326 e. The lowest BCUT2D eigenvalue weighted by molar-refractivity contribution is -0.137. The molecular formula is C19H17F3N4O2. The van der Waals surface area contributed by atoms with Gasteiger partial charge in [-0.1, -0.05) is 0 Å². The number of rotatable bonds is 3. The SMILES string of the molecule is CC1N(CC(=O)Nc2ncccn2)C(=O)c2ccc(C(F)(F)F)cc2C12CC2. The maximum Gasteiger partial charge on any atom is 0.416 e. The molecule has 1 aliphatic heterocycles. The highest BCUT2D eigenvalue weighted by Crippen LogP contribution is 2.56. The summed E-state index contributed by atoms with van der Waals surface area (Å²) in [5, 5.41) is 2.53. The van der Waals surface area contributed by atoms with Crippen molar-refractivity contribution in [1.82, 2.24) is 14.9 Å². The summed E-state index contributed by atoms with van der Waals surface area (Å²) in [5.74, 6) is -0.781. The lowest BCUT2D eigenvalue weighted by atomic mass is 9.80. The van der Waals surface area contributed by atoms with Gasteiger partial charge in [0.2, 0.25) is 11.9 Å². The molecule has 1 N–H and O–H groups in total. The van der Waals surface area contributed by atoms with Crippen LogP contribution in [-0.4, -0.2) is 39.3 Å². The number of aromatic nitrogens is 2. The van der Waals surface area contributed by atoms with Crippen LogP contribution in [0.4, 0.5) is 19.1 Å². The zero-order chi connectivity index (χ0) is 20.1. The summed E-state index contributed by atoms with van der Waals surface area (Å²) >= 11 is 0. The first-order valence-corrected chi connectivity index (χ1v) is 8.82. The van der Waals surface area contributed by atoms with E-state index in [1.807, 2.05) is 0 Å². The molecule has 9 heteroatoms. The molecule has 28 heavy (non-hydrogen) atoms. The Kier molecular flexibility index (Phi) is 4.13. The summed E-state index contributed by atoms with van der Waals surface area (Å²) in [4.78, 5) is 34.5. The number of carbonyl (C=O) groups excluding carboxylic acids is 2.